The van der Waals surface area contributed by atoms with Crippen LogP contribution in [0.1, 0.15) is 56.2 Å². The van der Waals surface area contributed by atoms with Gasteiger partial charge < -0.3 is 9.64 Å². The summed E-state index contributed by atoms with van der Waals surface area (Å²) in [5.41, 5.74) is 3.63. The number of aromatic nitrogens is 3. The smallest absolute Gasteiger partial charge is 0.416 e. The van der Waals surface area contributed by atoms with Crippen LogP contribution in [-0.4, -0.2) is 44.7 Å². The summed E-state index contributed by atoms with van der Waals surface area (Å²) in [6.07, 6.45) is -1.37. The number of carbonyl (C=O) groups excluding carboxylic acids is 1. The van der Waals surface area contributed by atoms with Crippen LogP contribution in [0.3, 0.4) is 0 Å². The van der Waals surface area contributed by atoms with Gasteiger partial charge in [0.05, 0.1) is 29.1 Å². The lowest BCUT2D eigenvalue weighted by atomic mass is 9.88. The van der Waals surface area contributed by atoms with E-state index in [-0.39, 0.29) is 6.09 Å². The number of rotatable bonds is 4. The van der Waals surface area contributed by atoms with Crippen molar-refractivity contribution >= 4 is 6.09 Å². The molecule has 1 aliphatic rings. The Hall–Kier alpha value is -4.65. The Labute approximate surface area is 242 Å². The second-order valence-corrected chi connectivity index (χ2v) is 11.4. The van der Waals surface area contributed by atoms with Crippen molar-refractivity contribution in [1.82, 2.24) is 19.9 Å². The van der Waals surface area contributed by atoms with E-state index in [0.29, 0.717) is 41.5 Å². The van der Waals surface area contributed by atoms with Crippen molar-refractivity contribution in [2.75, 3.05) is 13.1 Å². The molecule has 0 N–H and O–H groups in total. The van der Waals surface area contributed by atoms with E-state index in [1.807, 2.05) is 39.0 Å². The van der Waals surface area contributed by atoms with E-state index in [1.165, 1.54) is 22.4 Å². The SMILES string of the molecule is CC(C)(C)OC(=O)N1CCC(c2ccc(-c3cc(C#N)cc(-n4cc(-c5ccc(C(F)(F)F)cc5)nn4)c3)cc2)CC1. The predicted molar refractivity (Wildman–Crippen MR) is 152 cm³/mol. The highest BCUT2D eigenvalue weighted by molar-refractivity contribution is 5.70. The molecule has 216 valence electrons. The van der Waals surface area contributed by atoms with Gasteiger partial charge in [-0.25, -0.2) is 9.48 Å². The summed E-state index contributed by atoms with van der Waals surface area (Å²) in [7, 11) is 0. The van der Waals surface area contributed by atoms with E-state index in [9.17, 15) is 23.2 Å². The molecule has 1 aromatic heterocycles. The van der Waals surface area contributed by atoms with Crippen LogP contribution in [0.2, 0.25) is 0 Å². The van der Waals surface area contributed by atoms with Crippen LogP contribution in [0.25, 0.3) is 28.1 Å². The number of piperidine rings is 1. The molecule has 1 aliphatic heterocycles. The van der Waals surface area contributed by atoms with Gasteiger partial charge in [0.25, 0.3) is 0 Å². The summed E-state index contributed by atoms with van der Waals surface area (Å²) in [5, 5.41) is 17.9. The normalized spacial score (nSPS) is 14.5. The first-order chi connectivity index (χ1) is 19.9. The monoisotopic (exact) mass is 573 g/mol. The average molecular weight is 574 g/mol. The lowest BCUT2D eigenvalue weighted by Crippen LogP contribution is -2.41. The summed E-state index contributed by atoms with van der Waals surface area (Å²) in [5.74, 6) is 0.331. The number of likely N-dealkylation sites (tertiary alicyclic amines) is 1. The second-order valence-electron chi connectivity index (χ2n) is 11.4. The Balaban J connectivity index is 1.31. The summed E-state index contributed by atoms with van der Waals surface area (Å²) < 4.78 is 45.8. The van der Waals surface area contributed by atoms with Gasteiger partial charge in [0.1, 0.15) is 11.3 Å². The molecule has 5 rings (SSSR count). The van der Waals surface area contributed by atoms with E-state index < -0.39 is 17.3 Å². The first kappa shape index (κ1) is 28.9. The molecule has 0 radical (unpaired) electrons. The zero-order chi connectivity index (χ0) is 30.1. The Morgan fingerprint density at radius 2 is 1.57 bits per heavy atom. The summed E-state index contributed by atoms with van der Waals surface area (Å²) >= 11 is 0. The minimum atomic E-state index is -4.41. The van der Waals surface area contributed by atoms with Gasteiger partial charge in [0.2, 0.25) is 0 Å². The Kier molecular flexibility index (Phi) is 7.78. The first-order valence-electron chi connectivity index (χ1n) is 13.6. The van der Waals surface area contributed by atoms with Gasteiger partial charge in [-0.15, -0.1) is 5.10 Å². The van der Waals surface area contributed by atoms with Crippen LogP contribution in [0.5, 0.6) is 0 Å². The number of nitrogens with zero attached hydrogens (tertiary/aromatic N) is 5. The van der Waals surface area contributed by atoms with Gasteiger partial charge in [-0.05, 0) is 86.6 Å². The van der Waals surface area contributed by atoms with Crippen LogP contribution < -0.4 is 0 Å². The number of halogens is 3. The molecule has 0 spiro atoms. The minimum absolute atomic E-state index is 0.275. The summed E-state index contributed by atoms with van der Waals surface area (Å²) in [6.45, 7) is 6.87. The molecule has 1 saturated heterocycles. The van der Waals surface area contributed by atoms with Crippen molar-refractivity contribution in [3.63, 3.8) is 0 Å². The van der Waals surface area contributed by atoms with E-state index in [2.05, 4.69) is 28.5 Å². The third-order valence-corrected chi connectivity index (χ3v) is 7.17. The molecule has 42 heavy (non-hydrogen) atoms. The maximum Gasteiger partial charge on any atom is 0.416 e. The van der Waals surface area contributed by atoms with Crippen LogP contribution in [-0.2, 0) is 10.9 Å². The fourth-order valence-electron chi connectivity index (χ4n) is 5.00. The van der Waals surface area contributed by atoms with E-state index in [1.54, 1.807) is 23.2 Å². The standard InChI is InChI=1S/C32H30F3N5O2/c1-31(2,3)42-30(41)39-14-12-24(13-15-39)22-4-6-23(7-5-22)26-16-21(19-36)17-28(18-26)40-20-29(37-38-40)25-8-10-27(11-9-25)32(33,34)35/h4-11,16-18,20,24H,12-15H2,1-3H3. The van der Waals surface area contributed by atoms with Gasteiger partial charge in [0, 0.05) is 18.7 Å². The molecule has 4 aromatic rings. The van der Waals surface area contributed by atoms with Gasteiger partial charge in [-0.2, -0.15) is 18.4 Å². The molecule has 3 aromatic carbocycles. The highest BCUT2D eigenvalue weighted by atomic mass is 19.4. The van der Waals surface area contributed by atoms with Crippen molar-refractivity contribution in [2.45, 2.75) is 51.3 Å². The molecule has 0 atom stereocenters. The maximum atomic E-state index is 12.9. The fourth-order valence-corrected chi connectivity index (χ4v) is 5.00. The van der Waals surface area contributed by atoms with Crippen LogP contribution in [0.15, 0.2) is 72.9 Å². The molecule has 0 unspecified atom stereocenters. The topological polar surface area (TPSA) is 84.0 Å². The van der Waals surface area contributed by atoms with Gasteiger partial charge in [-0.1, -0.05) is 41.6 Å². The van der Waals surface area contributed by atoms with Gasteiger partial charge in [0.15, 0.2) is 0 Å². The number of alkyl halides is 3. The highest BCUT2D eigenvalue weighted by Gasteiger charge is 2.30. The fraction of sp³-hybridized carbons (Fsp3) is 0.312. The number of hydrogen-bond acceptors (Lipinski definition) is 5. The summed E-state index contributed by atoms with van der Waals surface area (Å²) in [4.78, 5) is 14.2. The number of benzene rings is 3. The van der Waals surface area contributed by atoms with E-state index >= 15 is 0 Å². The van der Waals surface area contributed by atoms with Crippen molar-refractivity contribution in [3.8, 4) is 34.1 Å². The molecule has 0 saturated carbocycles. The van der Waals surface area contributed by atoms with Crippen molar-refractivity contribution < 1.29 is 22.7 Å². The van der Waals surface area contributed by atoms with E-state index in [4.69, 9.17) is 4.74 Å². The van der Waals surface area contributed by atoms with Crippen LogP contribution in [0.4, 0.5) is 18.0 Å². The molecular weight excluding hydrogens is 543 g/mol. The van der Waals surface area contributed by atoms with Crippen molar-refractivity contribution in [3.05, 3.63) is 89.6 Å². The van der Waals surface area contributed by atoms with E-state index in [0.717, 1.165) is 36.1 Å². The second kappa shape index (κ2) is 11.3. The molecule has 0 bridgehead atoms. The zero-order valence-electron chi connectivity index (χ0n) is 23.5. The van der Waals surface area contributed by atoms with Crippen molar-refractivity contribution in [1.29, 1.82) is 5.26 Å². The number of carbonyl (C=O) groups is 1. The molecule has 0 aliphatic carbocycles. The highest BCUT2D eigenvalue weighted by Crippen LogP contribution is 2.33. The summed E-state index contributed by atoms with van der Waals surface area (Å²) in [6, 6.07) is 20.5. The van der Waals surface area contributed by atoms with Gasteiger partial charge in [-0.3, -0.25) is 0 Å². The van der Waals surface area contributed by atoms with Crippen molar-refractivity contribution in [2.24, 2.45) is 0 Å². The number of nitriles is 1. The van der Waals surface area contributed by atoms with Crippen LogP contribution >= 0.6 is 0 Å². The van der Waals surface area contributed by atoms with Crippen LogP contribution in [0, 0.1) is 11.3 Å². The Bertz CT molecular complexity index is 1610. The third-order valence-electron chi connectivity index (χ3n) is 7.17. The lowest BCUT2D eigenvalue weighted by molar-refractivity contribution is -0.137. The first-order valence-corrected chi connectivity index (χ1v) is 13.6. The quantitative estimate of drug-likeness (QED) is 0.251. The number of amides is 1. The number of ether oxygens (including phenoxy) is 1. The maximum absolute atomic E-state index is 12.9. The largest absolute Gasteiger partial charge is 0.444 e. The molecule has 7 nitrogen and oxygen atoms in total. The zero-order valence-corrected chi connectivity index (χ0v) is 23.5. The van der Waals surface area contributed by atoms with Gasteiger partial charge >= 0.3 is 12.3 Å². The molecule has 10 heteroatoms. The number of hydrogen-bond donors (Lipinski definition) is 0. The third kappa shape index (κ3) is 6.62. The molecular formula is C32H30F3N5O2. The minimum Gasteiger partial charge on any atom is -0.444 e. The predicted octanol–water partition coefficient (Wildman–Crippen LogP) is 7.61. The molecule has 2 heterocycles. The molecule has 1 fully saturated rings. The Morgan fingerprint density at radius 1 is 0.929 bits per heavy atom. The lowest BCUT2D eigenvalue weighted by Gasteiger charge is -2.33. The Morgan fingerprint density at radius 3 is 2.17 bits per heavy atom. The average Bonchev–Trinajstić information content (AvgIpc) is 3.46. The molecule has 1 amide bonds.